The zero-order valence-electron chi connectivity index (χ0n) is 12.2. The van der Waals surface area contributed by atoms with Crippen LogP contribution in [0.4, 0.5) is 0 Å². The molecule has 0 unspecified atom stereocenters. The minimum absolute atomic E-state index is 0.139. The highest BCUT2D eigenvalue weighted by molar-refractivity contribution is 7.91. The fourth-order valence-corrected chi connectivity index (χ4v) is 4.48. The van der Waals surface area contributed by atoms with Crippen LogP contribution in [-0.4, -0.2) is 24.7 Å². The summed E-state index contributed by atoms with van der Waals surface area (Å²) in [4.78, 5) is 12.7. The van der Waals surface area contributed by atoms with Crippen molar-refractivity contribution in [3.05, 3.63) is 45.2 Å². The third kappa shape index (κ3) is 3.45. The van der Waals surface area contributed by atoms with Gasteiger partial charge in [-0.3, -0.25) is 4.79 Å². The van der Waals surface area contributed by atoms with Crippen molar-refractivity contribution in [3.63, 3.8) is 0 Å². The van der Waals surface area contributed by atoms with Crippen LogP contribution in [0.1, 0.15) is 29.3 Å². The molecule has 0 atom stereocenters. The molecule has 118 valence electrons. The average molecular weight is 339 g/mol. The number of thiophene rings is 1. The van der Waals surface area contributed by atoms with Gasteiger partial charge in [0.15, 0.2) is 0 Å². The van der Waals surface area contributed by atoms with Gasteiger partial charge in [-0.1, -0.05) is 0 Å². The van der Waals surface area contributed by atoms with Crippen LogP contribution in [0.2, 0.25) is 0 Å². The Morgan fingerprint density at radius 1 is 1.32 bits per heavy atom. The van der Waals surface area contributed by atoms with Crippen LogP contribution in [0.15, 0.2) is 33.3 Å². The maximum absolute atomic E-state index is 12.1. The molecule has 2 aromatic rings. The highest BCUT2D eigenvalue weighted by Gasteiger charge is 2.25. The Balaban J connectivity index is 1.65. The van der Waals surface area contributed by atoms with Gasteiger partial charge in [-0.2, -0.15) is 5.10 Å². The van der Waals surface area contributed by atoms with E-state index in [2.05, 4.69) is 9.82 Å². The van der Waals surface area contributed by atoms with E-state index in [1.54, 1.807) is 18.2 Å². The van der Waals surface area contributed by atoms with Gasteiger partial charge in [0.1, 0.15) is 4.21 Å². The molecular formula is C14H17N3O3S2. The quantitative estimate of drug-likeness (QED) is 0.864. The van der Waals surface area contributed by atoms with E-state index in [1.165, 1.54) is 22.1 Å². The Morgan fingerprint density at radius 3 is 2.73 bits per heavy atom. The van der Waals surface area contributed by atoms with Crippen LogP contribution < -0.4 is 10.3 Å². The lowest BCUT2D eigenvalue weighted by molar-refractivity contribution is 0.541. The maximum Gasteiger partial charge on any atom is 0.266 e. The largest absolute Gasteiger partial charge is 0.268 e. The molecule has 1 aliphatic rings. The number of aryl methyl sites for hydroxylation is 1. The van der Waals surface area contributed by atoms with Gasteiger partial charge in [0, 0.05) is 23.4 Å². The molecule has 0 bridgehead atoms. The summed E-state index contributed by atoms with van der Waals surface area (Å²) in [5.74, 6) is 0.456. The highest BCUT2D eigenvalue weighted by Crippen LogP contribution is 2.38. The minimum Gasteiger partial charge on any atom is -0.268 e. The predicted molar refractivity (Wildman–Crippen MR) is 84.7 cm³/mol. The van der Waals surface area contributed by atoms with Gasteiger partial charge in [0.2, 0.25) is 10.0 Å². The minimum atomic E-state index is -3.51. The summed E-state index contributed by atoms with van der Waals surface area (Å²) in [5.41, 5.74) is 0.701. The summed E-state index contributed by atoms with van der Waals surface area (Å²) < 4.78 is 28.3. The van der Waals surface area contributed by atoms with E-state index < -0.39 is 10.0 Å². The van der Waals surface area contributed by atoms with Crippen LogP contribution >= 0.6 is 11.3 Å². The smallest absolute Gasteiger partial charge is 0.266 e. The summed E-state index contributed by atoms with van der Waals surface area (Å²) in [5, 5.41) is 4.30. The van der Waals surface area contributed by atoms with Crippen LogP contribution in [0.3, 0.4) is 0 Å². The third-order valence-electron chi connectivity index (χ3n) is 3.48. The summed E-state index contributed by atoms with van der Waals surface area (Å²) in [6.07, 6.45) is 2.21. The molecule has 1 fully saturated rings. The van der Waals surface area contributed by atoms with Crippen molar-refractivity contribution in [1.82, 2.24) is 14.5 Å². The molecular weight excluding hydrogens is 322 g/mol. The van der Waals surface area contributed by atoms with Crippen molar-refractivity contribution in [2.45, 2.75) is 36.4 Å². The average Bonchev–Trinajstić information content (AvgIpc) is 3.22. The first-order valence-electron chi connectivity index (χ1n) is 7.10. The standard InChI is InChI=1S/C14H17N3O3S2/c1-10-2-7-14(21-10)22(19,20)15-8-9-17-13(18)6-5-12(16-17)11-3-4-11/h2,5-7,11,15H,3-4,8-9H2,1H3. The van der Waals surface area contributed by atoms with Crippen molar-refractivity contribution in [2.75, 3.05) is 6.54 Å². The second kappa shape index (κ2) is 5.94. The molecule has 0 amide bonds. The summed E-state index contributed by atoms with van der Waals surface area (Å²) in [7, 11) is -3.51. The van der Waals surface area contributed by atoms with Crippen LogP contribution in [0.25, 0.3) is 0 Å². The first kappa shape index (κ1) is 15.4. The monoisotopic (exact) mass is 339 g/mol. The lowest BCUT2D eigenvalue weighted by atomic mass is 10.3. The Bertz CT molecular complexity index is 835. The molecule has 0 aromatic carbocycles. The number of nitrogens with one attached hydrogen (secondary N) is 1. The van der Waals surface area contributed by atoms with Crippen LogP contribution in [-0.2, 0) is 16.6 Å². The second-order valence-corrected chi connectivity index (χ2v) is 8.64. The van der Waals surface area contributed by atoms with Gasteiger partial charge >= 0.3 is 0 Å². The summed E-state index contributed by atoms with van der Waals surface area (Å²) in [6, 6.07) is 6.61. The van der Waals surface area contributed by atoms with Gasteiger partial charge in [0.05, 0.1) is 12.2 Å². The lowest BCUT2D eigenvalue weighted by Gasteiger charge is -2.07. The first-order valence-corrected chi connectivity index (χ1v) is 9.40. The van der Waals surface area contributed by atoms with Crippen molar-refractivity contribution >= 4 is 21.4 Å². The zero-order chi connectivity index (χ0) is 15.7. The van der Waals surface area contributed by atoms with Crippen molar-refractivity contribution < 1.29 is 8.42 Å². The summed E-state index contributed by atoms with van der Waals surface area (Å²) >= 11 is 1.22. The van der Waals surface area contributed by atoms with Crippen molar-refractivity contribution in [1.29, 1.82) is 0 Å². The topological polar surface area (TPSA) is 81.1 Å². The fraction of sp³-hybridized carbons (Fsp3) is 0.429. The molecule has 3 rings (SSSR count). The van der Waals surface area contributed by atoms with Gasteiger partial charge in [-0.25, -0.2) is 17.8 Å². The highest BCUT2D eigenvalue weighted by atomic mass is 32.2. The number of sulfonamides is 1. The van der Waals surface area contributed by atoms with Gasteiger partial charge in [0.25, 0.3) is 5.56 Å². The Hall–Kier alpha value is -1.51. The normalized spacial score (nSPS) is 15.1. The molecule has 2 aromatic heterocycles. The van der Waals surface area contributed by atoms with Gasteiger partial charge in [-0.15, -0.1) is 11.3 Å². The number of aromatic nitrogens is 2. The maximum atomic E-state index is 12.1. The first-order chi connectivity index (χ1) is 10.5. The molecule has 1 saturated carbocycles. The van der Waals surface area contributed by atoms with E-state index >= 15 is 0 Å². The molecule has 1 N–H and O–H groups in total. The molecule has 0 aliphatic heterocycles. The Kier molecular flexibility index (Phi) is 4.16. The Morgan fingerprint density at radius 2 is 2.09 bits per heavy atom. The fourth-order valence-electron chi connectivity index (χ4n) is 2.14. The SMILES string of the molecule is Cc1ccc(S(=O)(=O)NCCn2nc(C3CC3)ccc2=O)s1. The number of hydrogen-bond donors (Lipinski definition) is 1. The third-order valence-corrected chi connectivity index (χ3v) is 6.43. The summed E-state index contributed by atoms with van der Waals surface area (Å²) in [6.45, 7) is 2.22. The lowest BCUT2D eigenvalue weighted by Crippen LogP contribution is -2.31. The Labute approximate surface area is 132 Å². The van der Waals surface area contributed by atoms with E-state index in [-0.39, 0.29) is 22.9 Å². The molecule has 0 radical (unpaired) electrons. The molecule has 22 heavy (non-hydrogen) atoms. The number of hydrogen-bond acceptors (Lipinski definition) is 5. The zero-order valence-corrected chi connectivity index (χ0v) is 13.8. The second-order valence-electron chi connectivity index (χ2n) is 5.36. The van der Waals surface area contributed by atoms with E-state index in [1.807, 2.05) is 6.92 Å². The van der Waals surface area contributed by atoms with Crippen molar-refractivity contribution in [2.24, 2.45) is 0 Å². The predicted octanol–water partition coefficient (Wildman–Crippen LogP) is 1.47. The molecule has 2 heterocycles. The van der Waals surface area contributed by atoms with E-state index in [0.717, 1.165) is 23.4 Å². The molecule has 0 saturated heterocycles. The molecule has 6 nitrogen and oxygen atoms in total. The van der Waals surface area contributed by atoms with Crippen LogP contribution in [0, 0.1) is 6.92 Å². The molecule has 8 heteroatoms. The number of nitrogens with zero attached hydrogens (tertiary/aromatic N) is 2. The van der Waals surface area contributed by atoms with Gasteiger partial charge in [-0.05, 0) is 38.0 Å². The molecule has 1 aliphatic carbocycles. The number of rotatable bonds is 6. The van der Waals surface area contributed by atoms with E-state index in [9.17, 15) is 13.2 Å². The van der Waals surface area contributed by atoms with Crippen LogP contribution in [0.5, 0.6) is 0 Å². The van der Waals surface area contributed by atoms with Crippen molar-refractivity contribution in [3.8, 4) is 0 Å². The van der Waals surface area contributed by atoms with E-state index in [4.69, 9.17) is 0 Å². The van der Waals surface area contributed by atoms with Gasteiger partial charge < -0.3 is 0 Å². The van der Waals surface area contributed by atoms with E-state index in [0.29, 0.717) is 5.92 Å². The molecule has 0 spiro atoms.